The Hall–Kier alpha value is -2.07. The third-order valence-electron chi connectivity index (χ3n) is 3.18. The van der Waals surface area contributed by atoms with Crippen LogP contribution in [0.15, 0.2) is 11.1 Å². The molecule has 0 saturated carbocycles. The first-order valence-corrected chi connectivity index (χ1v) is 8.85. The molecule has 0 aliphatic rings. The number of ether oxygens (including phenoxy) is 1. The van der Waals surface area contributed by atoms with Gasteiger partial charge in [0, 0.05) is 6.54 Å². The van der Waals surface area contributed by atoms with Gasteiger partial charge in [-0.15, -0.1) is 0 Å². The summed E-state index contributed by atoms with van der Waals surface area (Å²) in [4.78, 5) is 28.0. The lowest BCUT2D eigenvalue weighted by molar-refractivity contribution is -0.118. The summed E-state index contributed by atoms with van der Waals surface area (Å²) >= 11 is 1.19. The molecule has 1 aromatic heterocycles. The fraction of sp³-hybridized carbons (Fsp3) is 0.529. The second kappa shape index (κ2) is 9.93. The number of carbonyl (C=O) groups is 2. The van der Waals surface area contributed by atoms with Gasteiger partial charge in [-0.25, -0.2) is 9.78 Å². The SMILES string of the molecule is CCOC(=O)c1cc(C#N)c(SCC(=O)NCCC(C)C)nc1C. The molecular weight excluding hydrogens is 326 g/mol. The van der Waals surface area contributed by atoms with Crippen LogP contribution in [0.4, 0.5) is 0 Å². The Morgan fingerprint density at radius 3 is 2.75 bits per heavy atom. The molecular formula is C17H23N3O3S. The average Bonchev–Trinajstić information content (AvgIpc) is 2.52. The topological polar surface area (TPSA) is 92.1 Å². The third-order valence-corrected chi connectivity index (χ3v) is 4.17. The van der Waals surface area contributed by atoms with Crippen molar-refractivity contribution in [1.29, 1.82) is 5.26 Å². The van der Waals surface area contributed by atoms with Gasteiger partial charge < -0.3 is 10.1 Å². The number of amides is 1. The number of carbonyl (C=O) groups excluding carboxylic acids is 2. The maximum Gasteiger partial charge on any atom is 0.340 e. The van der Waals surface area contributed by atoms with Crippen molar-refractivity contribution in [2.75, 3.05) is 18.9 Å². The fourth-order valence-electron chi connectivity index (χ4n) is 1.87. The summed E-state index contributed by atoms with van der Waals surface area (Å²) in [5.41, 5.74) is 1.03. The Labute approximate surface area is 147 Å². The predicted octanol–water partition coefficient (Wildman–Crippen LogP) is 2.69. The summed E-state index contributed by atoms with van der Waals surface area (Å²) in [5, 5.41) is 12.5. The number of hydrogen-bond donors (Lipinski definition) is 1. The van der Waals surface area contributed by atoms with Gasteiger partial charge in [0.15, 0.2) is 0 Å². The molecule has 1 aromatic rings. The second-order valence-corrected chi connectivity index (χ2v) is 6.59. The maximum atomic E-state index is 11.8. The zero-order valence-corrected chi connectivity index (χ0v) is 15.3. The molecule has 6 nitrogen and oxygen atoms in total. The average molecular weight is 349 g/mol. The molecule has 0 saturated heterocycles. The van der Waals surface area contributed by atoms with Crippen LogP contribution in [0.25, 0.3) is 0 Å². The van der Waals surface area contributed by atoms with E-state index in [0.29, 0.717) is 23.2 Å². The lowest BCUT2D eigenvalue weighted by Gasteiger charge is -2.10. The molecule has 0 aliphatic carbocycles. The molecule has 0 bridgehead atoms. The molecule has 1 N–H and O–H groups in total. The van der Waals surface area contributed by atoms with E-state index in [-0.39, 0.29) is 29.4 Å². The highest BCUT2D eigenvalue weighted by Gasteiger charge is 2.17. The summed E-state index contributed by atoms with van der Waals surface area (Å²) in [7, 11) is 0. The number of hydrogen-bond acceptors (Lipinski definition) is 6. The van der Waals surface area contributed by atoms with Crippen LogP contribution in [0.1, 0.15) is 48.8 Å². The lowest BCUT2D eigenvalue weighted by Crippen LogP contribution is -2.27. The van der Waals surface area contributed by atoms with Crippen molar-refractivity contribution in [2.24, 2.45) is 5.92 Å². The van der Waals surface area contributed by atoms with E-state index in [1.165, 1.54) is 17.8 Å². The number of thioether (sulfide) groups is 1. The minimum atomic E-state index is -0.498. The van der Waals surface area contributed by atoms with Crippen molar-refractivity contribution in [3.8, 4) is 6.07 Å². The number of rotatable bonds is 8. The first-order valence-electron chi connectivity index (χ1n) is 7.87. The number of nitrogens with one attached hydrogen (secondary N) is 1. The van der Waals surface area contributed by atoms with Crippen molar-refractivity contribution in [1.82, 2.24) is 10.3 Å². The highest BCUT2D eigenvalue weighted by Crippen LogP contribution is 2.23. The van der Waals surface area contributed by atoms with Crippen molar-refractivity contribution in [3.05, 3.63) is 22.9 Å². The molecule has 0 fully saturated rings. The monoisotopic (exact) mass is 349 g/mol. The smallest absolute Gasteiger partial charge is 0.340 e. The van der Waals surface area contributed by atoms with Crippen LogP contribution >= 0.6 is 11.8 Å². The van der Waals surface area contributed by atoms with E-state index in [9.17, 15) is 14.9 Å². The quantitative estimate of drug-likeness (QED) is 0.573. The minimum absolute atomic E-state index is 0.0986. The number of aryl methyl sites for hydroxylation is 1. The fourth-order valence-corrected chi connectivity index (χ4v) is 2.71. The Balaban J connectivity index is 2.75. The molecule has 130 valence electrons. The molecule has 0 unspecified atom stereocenters. The highest BCUT2D eigenvalue weighted by molar-refractivity contribution is 8.00. The zero-order valence-electron chi connectivity index (χ0n) is 14.5. The van der Waals surface area contributed by atoms with E-state index in [2.05, 4.69) is 24.1 Å². The maximum absolute atomic E-state index is 11.8. The van der Waals surface area contributed by atoms with Crippen molar-refractivity contribution in [3.63, 3.8) is 0 Å². The molecule has 1 rings (SSSR count). The number of esters is 1. The van der Waals surface area contributed by atoms with Crippen molar-refractivity contribution >= 4 is 23.6 Å². The third kappa shape index (κ3) is 6.20. The van der Waals surface area contributed by atoms with Crippen molar-refractivity contribution < 1.29 is 14.3 Å². The minimum Gasteiger partial charge on any atom is -0.462 e. The molecule has 0 aromatic carbocycles. The van der Waals surface area contributed by atoms with Crippen molar-refractivity contribution in [2.45, 2.75) is 39.1 Å². The number of nitrogens with zero attached hydrogens (tertiary/aromatic N) is 2. The number of nitriles is 1. The van der Waals surface area contributed by atoms with Gasteiger partial charge in [-0.2, -0.15) is 5.26 Å². The van der Waals surface area contributed by atoms with Crippen LogP contribution in [0.2, 0.25) is 0 Å². The van der Waals surface area contributed by atoms with Gasteiger partial charge >= 0.3 is 5.97 Å². The van der Waals surface area contributed by atoms with Gasteiger partial charge in [-0.05, 0) is 32.3 Å². The standard InChI is InChI=1S/C17H23N3O3S/c1-5-23-17(22)14-8-13(9-18)16(20-12(14)4)24-10-15(21)19-7-6-11(2)3/h8,11H,5-7,10H2,1-4H3,(H,19,21). The van der Waals surface area contributed by atoms with Gasteiger partial charge in [-0.1, -0.05) is 25.6 Å². The lowest BCUT2D eigenvalue weighted by atomic mass is 10.1. The normalized spacial score (nSPS) is 10.3. The van der Waals surface area contributed by atoms with Gasteiger partial charge in [-0.3, -0.25) is 4.79 Å². The molecule has 7 heteroatoms. The summed E-state index contributed by atoms with van der Waals surface area (Å²) < 4.78 is 4.95. The highest BCUT2D eigenvalue weighted by atomic mass is 32.2. The van der Waals surface area contributed by atoms with Crippen LogP contribution < -0.4 is 5.32 Å². The Bertz CT molecular complexity index is 639. The number of pyridine rings is 1. The summed E-state index contributed by atoms with van der Waals surface area (Å²) in [6.07, 6.45) is 0.922. The largest absolute Gasteiger partial charge is 0.462 e. The van der Waals surface area contributed by atoms with E-state index in [1.54, 1.807) is 13.8 Å². The van der Waals surface area contributed by atoms with Crippen LogP contribution in [-0.4, -0.2) is 35.8 Å². The number of aromatic nitrogens is 1. The van der Waals surface area contributed by atoms with Gasteiger partial charge in [0.05, 0.1) is 29.2 Å². The molecule has 24 heavy (non-hydrogen) atoms. The predicted molar refractivity (Wildman–Crippen MR) is 92.8 cm³/mol. The van der Waals surface area contributed by atoms with Gasteiger partial charge in [0.1, 0.15) is 11.1 Å². The second-order valence-electron chi connectivity index (χ2n) is 5.63. The summed E-state index contributed by atoms with van der Waals surface area (Å²) in [6.45, 7) is 8.48. The van der Waals surface area contributed by atoms with Crippen LogP contribution in [-0.2, 0) is 9.53 Å². The first-order chi connectivity index (χ1) is 11.4. The van der Waals surface area contributed by atoms with Crippen LogP contribution in [0.5, 0.6) is 0 Å². The first kappa shape index (κ1) is 20.0. The summed E-state index contributed by atoms with van der Waals surface area (Å²) in [6, 6.07) is 3.49. The molecule has 0 aliphatic heterocycles. The van der Waals surface area contributed by atoms with Crippen LogP contribution in [0, 0.1) is 24.2 Å². The van der Waals surface area contributed by atoms with E-state index in [0.717, 1.165) is 6.42 Å². The molecule has 0 atom stereocenters. The van der Waals surface area contributed by atoms with Gasteiger partial charge in [0.25, 0.3) is 0 Å². The Kier molecular flexibility index (Phi) is 8.27. The van der Waals surface area contributed by atoms with E-state index in [1.807, 2.05) is 6.07 Å². The molecule has 0 spiro atoms. The van der Waals surface area contributed by atoms with E-state index < -0.39 is 5.97 Å². The Morgan fingerprint density at radius 2 is 2.17 bits per heavy atom. The zero-order chi connectivity index (χ0) is 18.1. The summed E-state index contributed by atoms with van der Waals surface area (Å²) in [5.74, 6) is 0.112. The van der Waals surface area contributed by atoms with E-state index in [4.69, 9.17) is 4.74 Å². The molecule has 1 heterocycles. The van der Waals surface area contributed by atoms with Gasteiger partial charge in [0.2, 0.25) is 5.91 Å². The van der Waals surface area contributed by atoms with E-state index >= 15 is 0 Å². The molecule has 0 radical (unpaired) electrons. The molecule has 1 amide bonds. The Morgan fingerprint density at radius 1 is 1.46 bits per heavy atom. The van der Waals surface area contributed by atoms with Crippen LogP contribution in [0.3, 0.4) is 0 Å².